The lowest BCUT2D eigenvalue weighted by molar-refractivity contribution is -0.348. The van der Waals surface area contributed by atoms with Gasteiger partial charge in [0, 0.05) is 64.0 Å². The average Bonchev–Trinajstić information content (AvgIpc) is 3.12. The van der Waals surface area contributed by atoms with Gasteiger partial charge >= 0.3 is 35.8 Å². The van der Waals surface area contributed by atoms with Crippen molar-refractivity contribution in [3.05, 3.63) is 35.5 Å². The van der Waals surface area contributed by atoms with E-state index in [0.717, 1.165) is 20.1 Å². The van der Waals surface area contributed by atoms with Crippen molar-refractivity contribution in [1.82, 2.24) is 0 Å². The second-order valence-electron chi connectivity index (χ2n) is 17.4. The largest absolute Gasteiger partial charge is 0.466 e. The fourth-order valence-electron chi connectivity index (χ4n) is 8.44. The Morgan fingerprint density at radius 2 is 1.44 bits per heavy atom. The maximum atomic E-state index is 13.6. The number of aliphatic hydroxyl groups excluding tert-OH is 1. The number of esters is 6. The van der Waals surface area contributed by atoms with Crippen molar-refractivity contribution in [3.63, 3.8) is 0 Å². The number of carbonyl (C=O) groups is 6. The third-order valence-electron chi connectivity index (χ3n) is 11.8. The van der Waals surface area contributed by atoms with Gasteiger partial charge in [0.25, 0.3) is 0 Å². The first-order chi connectivity index (χ1) is 28.3. The van der Waals surface area contributed by atoms with Crippen molar-refractivity contribution >= 4 is 35.8 Å². The molecule has 4 aliphatic rings. The lowest BCUT2D eigenvalue weighted by Gasteiger charge is -2.53. The molecule has 4 rings (SSSR count). The summed E-state index contributed by atoms with van der Waals surface area (Å²) >= 11 is 0. The third-order valence-corrected chi connectivity index (χ3v) is 11.8. The predicted molar refractivity (Wildman–Crippen MR) is 210 cm³/mol. The van der Waals surface area contributed by atoms with E-state index >= 15 is 0 Å². The van der Waals surface area contributed by atoms with E-state index in [4.69, 9.17) is 42.6 Å². The van der Waals surface area contributed by atoms with Gasteiger partial charge in [0.15, 0.2) is 11.9 Å². The summed E-state index contributed by atoms with van der Waals surface area (Å²) < 4.78 is 51.8. The number of methoxy groups -OCH3 is 2. The number of hydrogen-bond donors (Lipinski definition) is 3. The number of fused-ring (bicyclic) bond motifs is 6. The van der Waals surface area contributed by atoms with Gasteiger partial charge in [-0.25, -0.2) is 9.59 Å². The topological polar surface area (TPSA) is 246 Å². The fraction of sp³-hybridized carbons (Fsp3) is 0.721. The molecule has 6 bridgehead atoms. The number of aliphatic hydroxyl groups is 3. The van der Waals surface area contributed by atoms with Crippen molar-refractivity contribution < 1.29 is 86.7 Å². The molecule has 0 spiro atoms. The Labute approximate surface area is 355 Å². The van der Waals surface area contributed by atoms with Crippen LogP contribution in [0.1, 0.15) is 107 Å². The van der Waals surface area contributed by atoms with Crippen LogP contribution >= 0.6 is 0 Å². The summed E-state index contributed by atoms with van der Waals surface area (Å²) in [4.78, 5) is 75.9. The van der Waals surface area contributed by atoms with Gasteiger partial charge in [0.05, 0.1) is 56.6 Å². The summed E-state index contributed by atoms with van der Waals surface area (Å²) in [7, 11) is 2.39. The van der Waals surface area contributed by atoms with Crippen LogP contribution in [0.4, 0.5) is 0 Å². The van der Waals surface area contributed by atoms with Crippen molar-refractivity contribution in [3.8, 4) is 0 Å². The summed E-state index contributed by atoms with van der Waals surface area (Å²) in [6, 6.07) is 0. The van der Waals surface area contributed by atoms with Crippen molar-refractivity contribution in [1.29, 1.82) is 0 Å². The van der Waals surface area contributed by atoms with E-state index in [1.165, 1.54) is 34.0 Å². The number of cyclic esters (lactones) is 1. The maximum Gasteiger partial charge on any atom is 0.330 e. The van der Waals surface area contributed by atoms with Crippen LogP contribution in [-0.2, 0) is 71.4 Å². The van der Waals surface area contributed by atoms with E-state index in [2.05, 4.69) is 0 Å². The molecule has 0 amide bonds. The predicted octanol–water partition coefficient (Wildman–Crippen LogP) is 2.96. The average molecular weight is 867 g/mol. The Morgan fingerprint density at radius 3 is 2.05 bits per heavy atom. The van der Waals surface area contributed by atoms with Crippen LogP contribution in [0, 0.1) is 10.8 Å². The lowest BCUT2D eigenvalue weighted by atomic mass is 9.70. The molecule has 3 saturated heterocycles. The molecule has 3 fully saturated rings. The highest BCUT2D eigenvalue weighted by molar-refractivity contribution is 5.83. The number of carbonyl (C=O) groups excluding carboxylic acids is 6. The Kier molecular flexibility index (Phi) is 16.1. The highest BCUT2D eigenvalue weighted by Gasteiger charge is 2.59. The van der Waals surface area contributed by atoms with Crippen LogP contribution in [0.2, 0.25) is 0 Å². The van der Waals surface area contributed by atoms with E-state index in [9.17, 15) is 44.1 Å². The van der Waals surface area contributed by atoms with Crippen molar-refractivity contribution in [2.75, 3.05) is 14.2 Å². The molecule has 0 aromatic carbocycles. The van der Waals surface area contributed by atoms with E-state index in [1.54, 1.807) is 39.8 Å². The zero-order valence-electron chi connectivity index (χ0n) is 36.6. The van der Waals surface area contributed by atoms with Gasteiger partial charge in [0.1, 0.15) is 18.3 Å². The molecule has 342 valence electrons. The highest BCUT2D eigenvalue weighted by atomic mass is 16.7. The molecule has 0 unspecified atom stereocenters. The van der Waals surface area contributed by atoms with Gasteiger partial charge < -0.3 is 58.0 Å². The minimum Gasteiger partial charge on any atom is -0.466 e. The smallest absolute Gasteiger partial charge is 0.330 e. The van der Waals surface area contributed by atoms with Gasteiger partial charge in [-0.3, -0.25) is 19.2 Å². The highest BCUT2D eigenvalue weighted by Crippen LogP contribution is 2.50. The SMILES string of the molecule is COC(=O)/C=C1/C[C@H]2C[C@]3(O)O[C@H](C[C@@H](O)CC(=O)O[C@@H]([C@@H](C)OC(C)=O)C[C@@H]4C/C(=C\C(=O)OC)[C@H](OC(C)=O)[C@@](O)(O4)C(C)(C)/C=C\[C@@H](C1)O2)C[C@H](OC(C)=O)C3(C)C. The molecule has 0 aromatic rings. The molecule has 4 heterocycles. The summed E-state index contributed by atoms with van der Waals surface area (Å²) in [5, 5.41) is 36.5. The van der Waals surface area contributed by atoms with Gasteiger partial charge in [-0.15, -0.1) is 0 Å². The molecule has 0 aromatic heterocycles. The van der Waals surface area contributed by atoms with E-state index in [0.29, 0.717) is 5.57 Å². The Bertz CT molecular complexity index is 1750. The Morgan fingerprint density at radius 1 is 0.803 bits per heavy atom. The van der Waals surface area contributed by atoms with E-state index in [-0.39, 0.29) is 50.5 Å². The Hall–Kier alpha value is -4.20. The maximum absolute atomic E-state index is 13.6. The first-order valence-electron chi connectivity index (χ1n) is 20.4. The van der Waals surface area contributed by atoms with Crippen LogP contribution in [-0.4, -0.2) is 132 Å². The van der Waals surface area contributed by atoms with Crippen molar-refractivity contribution in [2.24, 2.45) is 10.8 Å². The normalized spacial score (nSPS) is 36.6. The molecular formula is C43H62O18. The Balaban J connectivity index is 1.91. The van der Waals surface area contributed by atoms with Crippen LogP contribution in [0.15, 0.2) is 35.5 Å². The minimum atomic E-state index is -2.44. The van der Waals surface area contributed by atoms with Crippen LogP contribution < -0.4 is 0 Å². The van der Waals surface area contributed by atoms with Crippen LogP contribution in [0.5, 0.6) is 0 Å². The van der Waals surface area contributed by atoms with Gasteiger partial charge in [0.2, 0.25) is 5.79 Å². The molecule has 18 nitrogen and oxygen atoms in total. The number of ether oxygens (including phenoxy) is 9. The quantitative estimate of drug-likeness (QED) is 0.150. The molecule has 11 atom stereocenters. The summed E-state index contributed by atoms with van der Waals surface area (Å²) in [5.74, 6) is -8.96. The third kappa shape index (κ3) is 12.3. The van der Waals surface area contributed by atoms with Gasteiger partial charge in [-0.05, 0) is 31.8 Å². The second kappa shape index (κ2) is 19.9. The van der Waals surface area contributed by atoms with Gasteiger partial charge in [-0.2, -0.15) is 0 Å². The standard InChI is InChI=1S/C43H62O18/c1-23(55-24(2)44)34-20-31-16-28(17-37(49)54-10)39(57-26(4)46)43(52,61-31)40(5,6)12-11-30-13-27(15-36(48)53-9)14-33(58-30)22-42(51)41(7,8)35(56-25(3)45)21-32(60-42)18-29(47)19-38(50)59-34/h11-12,15,17,23,29-35,39,47,51-52H,13-14,16,18-22H2,1-10H3/b12-11-,27-15+,28-17+/t23-,29-,30+,31+,32-,33+,34-,35+,39+,42+,43-/m1/s1. The summed E-state index contributed by atoms with van der Waals surface area (Å²) in [6.07, 6.45) is -5.20. The minimum absolute atomic E-state index is 0.0598. The van der Waals surface area contributed by atoms with Crippen LogP contribution in [0.25, 0.3) is 0 Å². The monoisotopic (exact) mass is 866 g/mol. The van der Waals surface area contributed by atoms with Crippen LogP contribution in [0.3, 0.4) is 0 Å². The zero-order chi connectivity index (χ0) is 45.7. The zero-order valence-corrected chi connectivity index (χ0v) is 36.6. The first kappa shape index (κ1) is 49.5. The molecule has 4 aliphatic heterocycles. The summed E-state index contributed by atoms with van der Waals surface area (Å²) in [6.45, 7) is 11.5. The fourth-order valence-corrected chi connectivity index (χ4v) is 8.44. The second-order valence-corrected chi connectivity index (χ2v) is 17.4. The molecule has 0 saturated carbocycles. The van der Waals surface area contributed by atoms with Crippen molar-refractivity contribution in [2.45, 2.75) is 173 Å². The molecule has 61 heavy (non-hydrogen) atoms. The number of rotatable bonds is 6. The lowest BCUT2D eigenvalue weighted by Crippen LogP contribution is -2.62. The molecule has 0 radical (unpaired) electrons. The first-order valence-corrected chi connectivity index (χ1v) is 20.4. The molecule has 0 aliphatic carbocycles. The molecular weight excluding hydrogens is 804 g/mol. The van der Waals surface area contributed by atoms with E-state index in [1.807, 2.05) is 0 Å². The van der Waals surface area contributed by atoms with E-state index < -0.39 is 120 Å². The van der Waals surface area contributed by atoms with Gasteiger partial charge in [-0.1, -0.05) is 45.4 Å². The molecule has 3 N–H and O–H groups in total. The molecule has 18 heteroatoms. The number of hydrogen-bond acceptors (Lipinski definition) is 18. The summed E-state index contributed by atoms with van der Waals surface area (Å²) in [5.41, 5.74) is -2.05.